The van der Waals surface area contributed by atoms with Crippen LogP contribution in [0.5, 0.6) is 0 Å². The molecular weight excluding hydrogens is 285 g/mol. The van der Waals surface area contributed by atoms with Gasteiger partial charge in [-0.05, 0) is 37.5 Å². The van der Waals surface area contributed by atoms with Crippen molar-refractivity contribution in [2.75, 3.05) is 0 Å². The van der Waals surface area contributed by atoms with E-state index in [4.69, 9.17) is 0 Å². The molecule has 1 fully saturated rings. The van der Waals surface area contributed by atoms with Gasteiger partial charge in [0.2, 0.25) is 0 Å². The Balaban J connectivity index is 2.13. The number of benzene rings is 1. The molecule has 1 amide bonds. The van der Waals surface area contributed by atoms with E-state index in [2.05, 4.69) is 21.2 Å². The van der Waals surface area contributed by atoms with E-state index in [1.165, 1.54) is 6.07 Å². The highest BCUT2D eigenvalue weighted by atomic mass is 79.9. The SMILES string of the molecule is Cc1c(F)cc(C(=O)NC2CCCC2)cc1Br. The Hall–Kier alpha value is -0.900. The number of amides is 1. The van der Waals surface area contributed by atoms with Crippen molar-refractivity contribution in [2.24, 2.45) is 0 Å². The van der Waals surface area contributed by atoms with Crippen LogP contribution in [0.2, 0.25) is 0 Å². The second kappa shape index (κ2) is 5.17. The van der Waals surface area contributed by atoms with Gasteiger partial charge in [0, 0.05) is 16.1 Å². The maximum atomic E-state index is 13.5. The number of hydrogen-bond acceptors (Lipinski definition) is 1. The van der Waals surface area contributed by atoms with E-state index in [0.29, 0.717) is 15.6 Å². The summed E-state index contributed by atoms with van der Waals surface area (Å²) < 4.78 is 14.1. The van der Waals surface area contributed by atoms with Crippen molar-refractivity contribution < 1.29 is 9.18 Å². The molecule has 0 saturated heterocycles. The van der Waals surface area contributed by atoms with Crippen LogP contribution in [-0.4, -0.2) is 11.9 Å². The molecule has 0 aromatic heterocycles. The molecule has 0 radical (unpaired) electrons. The summed E-state index contributed by atoms with van der Waals surface area (Å²) in [5.74, 6) is -0.535. The van der Waals surface area contributed by atoms with Gasteiger partial charge >= 0.3 is 0 Å². The molecule has 0 atom stereocenters. The van der Waals surface area contributed by atoms with Gasteiger partial charge in [-0.15, -0.1) is 0 Å². The quantitative estimate of drug-likeness (QED) is 0.889. The highest BCUT2D eigenvalue weighted by Gasteiger charge is 2.19. The molecule has 92 valence electrons. The highest BCUT2D eigenvalue weighted by molar-refractivity contribution is 9.10. The molecule has 17 heavy (non-hydrogen) atoms. The first-order valence-corrected chi connectivity index (χ1v) is 6.63. The first kappa shape index (κ1) is 12.6. The molecule has 1 aromatic carbocycles. The summed E-state index contributed by atoms with van der Waals surface area (Å²) in [5.41, 5.74) is 0.911. The van der Waals surface area contributed by atoms with Crippen LogP contribution in [0.4, 0.5) is 4.39 Å². The topological polar surface area (TPSA) is 29.1 Å². The number of hydrogen-bond donors (Lipinski definition) is 1. The van der Waals surface area contributed by atoms with Gasteiger partial charge in [-0.1, -0.05) is 28.8 Å². The number of carbonyl (C=O) groups excluding carboxylic acids is 1. The van der Waals surface area contributed by atoms with Crippen molar-refractivity contribution in [3.05, 3.63) is 33.5 Å². The fourth-order valence-corrected chi connectivity index (χ4v) is 2.55. The smallest absolute Gasteiger partial charge is 0.251 e. The molecule has 1 aliphatic rings. The zero-order valence-electron chi connectivity index (χ0n) is 9.72. The van der Waals surface area contributed by atoms with E-state index in [0.717, 1.165) is 25.7 Å². The molecule has 0 aliphatic heterocycles. The van der Waals surface area contributed by atoms with E-state index in [1.54, 1.807) is 13.0 Å². The van der Waals surface area contributed by atoms with Crippen molar-refractivity contribution in [1.29, 1.82) is 0 Å². The normalized spacial score (nSPS) is 16.2. The Labute approximate surface area is 109 Å². The van der Waals surface area contributed by atoms with Gasteiger partial charge in [0.25, 0.3) is 5.91 Å². The average Bonchev–Trinajstić information content (AvgIpc) is 2.77. The largest absolute Gasteiger partial charge is 0.349 e. The second-order valence-corrected chi connectivity index (χ2v) is 5.37. The fraction of sp³-hybridized carbons (Fsp3) is 0.462. The van der Waals surface area contributed by atoms with Crippen LogP contribution < -0.4 is 5.32 Å². The standard InChI is InChI=1S/C13H15BrFNO/c1-8-11(14)6-9(7-12(8)15)13(17)16-10-4-2-3-5-10/h6-7,10H,2-5H2,1H3,(H,16,17). The molecule has 0 spiro atoms. The van der Waals surface area contributed by atoms with Gasteiger partial charge in [-0.2, -0.15) is 0 Å². The molecule has 0 bridgehead atoms. The van der Waals surface area contributed by atoms with Gasteiger partial charge in [-0.25, -0.2) is 4.39 Å². The van der Waals surface area contributed by atoms with Crippen molar-refractivity contribution >= 4 is 21.8 Å². The molecule has 4 heteroatoms. The first-order valence-electron chi connectivity index (χ1n) is 5.84. The van der Waals surface area contributed by atoms with Gasteiger partial charge in [0.15, 0.2) is 0 Å². The molecule has 2 nitrogen and oxygen atoms in total. The van der Waals surface area contributed by atoms with Crippen molar-refractivity contribution in [3.63, 3.8) is 0 Å². The van der Waals surface area contributed by atoms with E-state index >= 15 is 0 Å². The van der Waals surface area contributed by atoms with E-state index in [-0.39, 0.29) is 17.8 Å². The van der Waals surface area contributed by atoms with Crippen LogP contribution in [0.3, 0.4) is 0 Å². The van der Waals surface area contributed by atoms with E-state index in [9.17, 15) is 9.18 Å². The third kappa shape index (κ3) is 2.86. The Morgan fingerprint density at radius 1 is 1.41 bits per heavy atom. The van der Waals surface area contributed by atoms with Crippen LogP contribution in [0.25, 0.3) is 0 Å². The highest BCUT2D eigenvalue weighted by Crippen LogP contribution is 2.22. The molecule has 1 saturated carbocycles. The minimum Gasteiger partial charge on any atom is -0.349 e. The lowest BCUT2D eigenvalue weighted by atomic mass is 10.1. The third-order valence-electron chi connectivity index (χ3n) is 3.23. The van der Waals surface area contributed by atoms with Gasteiger partial charge in [0.05, 0.1) is 0 Å². The Morgan fingerprint density at radius 2 is 2.06 bits per heavy atom. The number of nitrogens with one attached hydrogen (secondary N) is 1. The molecule has 1 N–H and O–H groups in total. The fourth-order valence-electron chi connectivity index (χ4n) is 2.12. The summed E-state index contributed by atoms with van der Waals surface area (Å²) in [6.07, 6.45) is 4.39. The molecule has 0 unspecified atom stereocenters. The summed E-state index contributed by atoms with van der Waals surface area (Å²) in [6, 6.07) is 3.22. The van der Waals surface area contributed by atoms with Gasteiger partial charge in [0.1, 0.15) is 5.82 Å². The molecule has 1 aliphatic carbocycles. The summed E-state index contributed by atoms with van der Waals surface area (Å²) in [6.45, 7) is 1.68. The Morgan fingerprint density at radius 3 is 2.65 bits per heavy atom. The van der Waals surface area contributed by atoms with Crippen molar-refractivity contribution in [2.45, 2.75) is 38.6 Å². The lowest BCUT2D eigenvalue weighted by molar-refractivity contribution is 0.0937. The number of halogens is 2. The zero-order chi connectivity index (χ0) is 12.4. The van der Waals surface area contributed by atoms with Crippen LogP contribution in [0.15, 0.2) is 16.6 Å². The minimum absolute atomic E-state index is 0.184. The van der Waals surface area contributed by atoms with Gasteiger partial charge < -0.3 is 5.32 Å². The average molecular weight is 300 g/mol. The zero-order valence-corrected chi connectivity index (χ0v) is 11.3. The van der Waals surface area contributed by atoms with Crippen LogP contribution >= 0.6 is 15.9 Å². The number of carbonyl (C=O) groups is 1. The summed E-state index contributed by atoms with van der Waals surface area (Å²) in [4.78, 5) is 11.9. The van der Waals surface area contributed by atoms with E-state index in [1.807, 2.05) is 0 Å². The van der Waals surface area contributed by atoms with Crippen LogP contribution in [-0.2, 0) is 0 Å². The van der Waals surface area contributed by atoms with Crippen LogP contribution in [0.1, 0.15) is 41.6 Å². The summed E-state index contributed by atoms with van der Waals surface area (Å²) >= 11 is 3.26. The Kier molecular flexibility index (Phi) is 3.82. The maximum absolute atomic E-state index is 13.5. The summed E-state index contributed by atoms with van der Waals surface area (Å²) in [5, 5.41) is 2.94. The van der Waals surface area contributed by atoms with E-state index < -0.39 is 0 Å². The summed E-state index contributed by atoms with van der Waals surface area (Å²) in [7, 11) is 0. The lowest BCUT2D eigenvalue weighted by Gasteiger charge is -2.12. The first-order chi connectivity index (χ1) is 8.08. The predicted molar refractivity (Wildman–Crippen MR) is 68.6 cm³/mol. The molecule has 0 heterocycles. The second-order valence-electron chi connectivity index (χ2n) is 4.52. The predicted octanol–water partition coefficient (Wildman–Crippen LogP) is 3.57. The lowest BCUT2D eigenvalue weighted by Crippen LogP contribution is -2.32. The molecular formula is C13H15BrFNO. The van der Waals surface area contributed by atoms with Gasteiger partial charge in [-0.3, -0.25) is 4.79 Å². The molecule has 2 rings (SSSR count). The maximum Gasteiger partial charge on any atom is 0.251 e. The molecule has 1 aromatic rings. The Bertz CT molecular complexity index is 418. The minimum atomic E-state index is -0.351. The van der Waals surface area contributed by atoms with Crippen molar-refractivity contribution in [1.82, 2.24) is 5.32 Å². The van der Waals surface area contributed by atoms with Crippen molar-refractivity contribution in [3.8, 4) is 0 Å². The van der Waals surface area contributed by atoms with Crippen LogP contribution in [0, 0.1) is 12.7 Å². The third-order valence-corrected chi connectivity index (χ3v) is 4.06. The number of rotatable bonds is 2. The monoisotopic (exact) mass is 299 g/mol.